The van der Waals surface area contributed by atoms with E-state index in [1.54, 1.807) is 6.26 Å². The summed E-state index contributed by atoms with van der Waals surface area (Å²) in [6.07, 6.45) is 5.67. The average molecular weight is 240 g/mol. The van der Waals surface area contributed by atoms with Gasteiger partial charge < -0.3 is 9.15 Å². The fraction of sp³-hybridized carbons (Fsp3) is 0.214. The van der Waals surface area contributed by atoms with Gasteiger partial charge in [0.15, 0.2) is 0 Å². The molecule has 0 amide bonds. The molecule has 1 saturated heterocycles. The number of hydrogen-bond donors (Lipinski definition) is 0. The van der Waals surface area contributed by atoms with Crippen LogP contribution >= 0.6 is 0 Å². The van der Waals surface area contributed by atoms with E-state index in [4.69, 9.17) is 9.15 Å². The molecule has 0 atom stereocenters. The van der Waals surface area contributed by atoms with E-state index < -0.39 is 0 Å². The first-order valence-corrected chi connectivity index (χ1v) is 6.00. The van der Waals surface area contributed by atoms with Crippen molar-refractivity contribution >= 4 is 11.0 Å². The van der Waals surface area contributed by atoms with Crippen LogP contribution in [0.3, 0.4) is 0 Å². The van der Waals surface area contributed by atoms with E-state index in [-0.39, 0.29) is 0 Å². The topological polar surface area (TPSA) is 40.2 Å². The smallest absolute Gasteiger partial charge is 0.134 e. The summed E-state index contributed by atoms with van der Waals surface area (Å²) in [5.74, 6) is 0. The molecule has 0 unspecified atom stereocenters. The minimum atomic E-state index is 0.395. The summed E-state index contributed by atoms with van der Waals surface area (Å²) < 4.78 is 12.6. The van der Waals surface area contributed by atoms with Crippen LogP contribution in [0.4, 0.5) is 0 Å². The highest BCUT2D eigenvalue weighted by molar-refractivity contribution is 5.82. The summed E-state index contributed by atoms with van der Waals surface area (Å²) in [4.78, 5) is 0. The second kappa shape index (κ2) is 3.71. The normalized spacial score (nSPS) is 16.0. The second-order valence-corrected chi connectivity index (χ2v) is 4.57. The standard InChI is InChI=1S/C14H12N2O2/c1-2-11(5-14-10(1)3-4-18-14)12-6-15-16(7-12)13-8-17-9-13/h1-7,13H,8-9H2. The van der Waals surface area contributed by atoms with Crippen molar-refractivity contribution in [2.24, 2.45) is 0 Å². The average Bonchev–Trinajstić information content (AvgIpc) is 2.93. The maximum absolute atomic E-state index is 5.42. The summed E-state index contributed by atoms with van der Waals surface area (Å²) in [6.45, 7) is 1.52. The Balaban J connectivity index is 1.74. The molecule has 0 radical (unpaired) electrons. The fourth-order valence-electron chi connectivity index (χ4n) is 2.20. The summed E-state index contributed by atoms with van der Waals surface area (Å²) in [7, 11) is 0. The molecule has 0 saturated carbocycles. The van der Waals surface area contributed by atoms with Crippen molar-refractivity contribution in [2.75, 3.05) is 13.2 Å². The van der Waals surface area contributed by atoms with Crippen molar-refractivity contribution in [3.63, 3.8) is 0 Å². The highest BCUT2D eigenvalue weighted by Crippen LogP contribution is 2.26. The van der Waals surface area contributed by atoms with Gasteiger partial charge in [-0.3, -0.25) is 4.68 Å². The van der Waals surface area contributed by atoms with Crippen molar-refractivity contribution in [1.82, 2.24) is 9.78 Å². The number of aromatic nitrogens is 2. The summed E-state index contributed by atoms with van der Waals surface area (Å²) >= 11 is 0. The first-order valence-electron chi connectivity index (χ1n) is 6.00. The molecular weight excluding hydrogens is 228 g/mol. The number of ether oxygens (including phenoxy) is 1. The first kappa shape index (κ1) is 9.91. The zero-order valence-electron chi connectivity index (χ0n) is 9.74. The molecule has 0 N–H and O–H groups in total. The molecule has 1 fully saturated rings. The van der Waals surface area contributed by atoms with E-state index in [0.717, 1.165) is 35.3 Å². The molecule has 18 heavy (non-hydrogen) atoms. The fourth-order valence-corrected chi connectivity index (χ4v) is 2.20. The molecule has 4 heteroatoms. The number of hydrogen-bond acceptors (Lipinski definition) is 3. The third-order valence-corrected chi connectivity index (χ3v) is 3.39. The van der Waals surface area contributed by atoms with Crippen molar-refractivity contribution < 1.29 is 9.15 Å². The zero-order chi connectivity index (χ0) is 11.9. The van der Waals surface area contributed by atoms with Crippen LogP contribution in [0.1, 0.15) is 6.04 Å². The number of rotatable bonds is 2. The Morgan fingerprint density at radius 2 is 2.11 bits per heavy atom. The quantitative estimate of drug-likeness (QED) is 0.691. The Kier molecular flexibility index (Phi) is 2.04. The Morgan fingerprint density at radius 1 is 1.17 bits per heavy atom. The van der Waals surface area contributed by atoms with E-state index in [0.29, 0.717) is 6.04 Å². The van der Waals surface area contributed by atoms with Gasteiger partial charge in [0.05, 0.1) is 31.7 Å². The predicted octanol–water partition coefficient (Wildman–Crippen LogP) is 2.87. The van der Waals surface area contributed by atoms with E-state index in [9.17, 15) is 0 Å². The highest BCUT2D eigenvalue weighted by atomic mass is 16.5. The van der Waals surface area contributed by atoms with Crippen LogP contribution in [0.25, 0.3) is 22.1 Å². The molecular formula is C14H12N2O2. The third kappa shape index (κ3) is 1.46. The Labute approximate surface area is 104 Å². The lowest BCUT2D eigenvalue weighted by atomic mass is 10.1. The Morgan fingerprint density at radius 3 is 2.94 bits per heavy atom. The molecule has 0 bridgehead atoms. The summed E-state index contributed by atoms with van der Waals surface area (Å²) in [6, 6.07) is 8.57. The molecule has 4 nitrogen and oxygen atoms in total. The van der Waals surface area contributed by atoms with Crippen molar-refractivity contribution in [3.8, 4) is 11.1 Å². The maximum Gasteiger partial charge on any atom is 0.134 e. The number of fused-ring (bicyclic) bond motifs is 1. The lowest BCUT2D eigenvalue weighted by Gasteiger charge is -2.25. The van der Waals surface area contributed by atoms with Crippen LogP contribution in [0.15, 0.2) is 47.3 Å². The van der Waals surface area contributed by atoms with Crippen molar-refractivity contribution in [2.45, 2.75) is 6.04 Å². The molecule has 0 spiro atoms. The summed E-state index contributed by atoms with van der Waals surface area (Å²) in [5, 5.41) is 5.51. The van der Waals surface area contributed by atoms with Gasteiger partial charge in [-0.05, 0) is 17.7 Å². The van der Waals surface area contributed by atoms with Gasteiger partial charge in [-0.1, -0.05) is 12.1 Å². The predicted molar refractivity (Wildman–Crippen MR) is 67.3 cm³/mol. The van der Waals surface area contributed by atoms with E-state index in [1.807, 2.05) is 23.0 Å². The maximum atomic E-state index is 5.42. The van der Waals surface area contributed by atoms with Crippen LogP contribution in [-0.4, -0.2) is 23.0 Å². The number of benzene rings is 1. The van der Waals surface area contributed by atoms with Crippen molar-refractivity contribution in [1.29, 1.82) is 0 Å². The molecule has 4 rings (SSSR count). The van der Waals surface area contributed by atoms with Gasteiger partial charge in [0.2, 0.25) is 0 Å². The van der Waals surface area contributed by atoms with E-state index in [2.05, 4.69) is 23.4 Å². The monoisotopic (exact) mass is 240 g/mol. The van der Waals surface area contributed by atoms with Crippen molar-refractivity contribution in [3.05, 3.63) is 42.9 Å². The van der Waals surface area contributed by atoms with Crippen LogP contribution < -0.4 is 0 Å². The highest BCUT2D eigenvalue weighted by Gasteiger charge is 2.21. The first-order chi connectivity index (χ1) is 8.90. The minimum absolute atomic E-state index is 0.395. The molecule has 1 aliphatic rings. The molecule has 3 aromatic rings. The molecule has 1 aliphatic heterocycles. The van der Waals surface area contributed by atoms with Gasteiger partial charge in [0.1, 0.15) is 5.58 Å². The van der Waals surface area contributed by atoms with Gasteiger partial charge in [0.25, 0.3) is 0 Å². The van der Waals surface area contributed by atoms with Crippen LogP contribution in [0.2, 0.25) is 0 Å². The van der Waals surface area contributed by atoms with Gasteiger partial charge in [-0.2, -0.15) is 5.10 Å². The second-order valence-electron chi connectivity index (χ2n) is 4.57. The SMILES string of the molecule is c1cc2ccc(-c3cnn(C4COC4)c3)cc2o1. The lowest BCUT2D eigenvalue weighted by Crippen LogP contribution is -2.30. The summed E-state index contributed by atoms with van der Waals surface area (Å²) in [5.41, 5.74) is 3.15. The van der Waals surface area contributed by atoms with E-state index >= 15 is 0 Å². The molecule has 90 valence electrons. The van der Waals surface area contributed by atoms with Gasteiger partial charge in [-0.15, -0.1) is 0 Å². The minimum Gasteiger partial charge on any atom is -0.464 e. The van der Waals surface area contributed by atoms with Gasteiger partial charge in [-0.25, -0.2) is 0 Å². The zero-order valence-corrected chi connectivity index (χ0v) is 9.74. The van der Waals surface area contributed by atoms with Gasteiger partial charge in [0, 0.05) is 17.1 Å². The Hall–Kier alpha value is -2.07. The molecule has 1 aromatic carbocycles. The Bertz CT molecular complexity index is 694. The van der Waals surface area contributed by atoms with Crippen LogP contribution in [-0.2, 0) is 4.74 Å². The van der Waals surface area contributed by atoms with Crippen LogP contribution in [0.5, 0.6) is 0 Å². The number of nitrogens with zero attached hydrogens (tertiary/aromatic N) is 2. The largest absolute Gasteiger partial charge is 0.464 e. The number of furan rings is 1. The van der Waals surface area contributed by atoms with Crippen LogP contribution in [0, 0.1) is 0 Å². The molecule has 3 heterocycles. The lowest BCUT2D eigenvalue weighted by molar-refractivity contribution is -0.0286. The third-order valence-electron chi connectivity index (χ3n) is 3.39. The van der Waals surface area contributed by atoms with E-state index in [1.165, 1.54) is 0 Å². The molecule has 2 aromatic heterocycles. The van der Waals surface area contributed by atoms with Gasteiger partial charge >= 0.3 is 0 Å². The molecule has 0 aliphatic carbocycles.